The molecule has 0 aliphatic heterocycles. The standard InChI is InChI=1S/C13H12N3/c14-16-10-15-9-5-4-8-12(15)13(16)11-6-2-1-3-7-11/h1-10H,14H2/q+1. The fourth-order valence-corrected chi connectivity index (χ4v) is 1.97. The summed E-state index contributed by atoms with van der Waals surface area (Å²) < 4.78 is 3.67. The largest absolute Gasteiger partial charge is 0.272 e. The number of imidazole rings is 1. The number of nitrogens with two attached hydrogens (primary N) is 1. The van der Waals surface area contributed by atoms with Gasteiger partial charge in [-0.1, -0.05) is 36.4 Å². The van der Waals surface area contributed by atoms with Crippen LogP contribution in [-0.2, 0) is 0 Å². The minimum Gasteiger partial charge on any atom is -0.268 e. The van der Waals surface area contributed by atoms with E-state index < -0.39 is 0 Å². The van der Waals surface area contributed by atoms with Crippen LogP contribution in [0, 0.1) is 0 Å². The zero-order valence-electron chi connectivity index (χ0n) is 8.75. The van der Waals surface area contributed by atoms with Gasteiger partial charge in [-0.05, 0) is 12.1 Å². The molecule has 0 bridgehead atoms. The fourth-order valence-electron chi connectivity index (χ4n) is 1.97. The van der Waals surface area contributed by atoms with Crippen LogP contribution in [0.1, 0.15) is 0 Å². The molecule has 3 heteroatoms. The Morgan fingerprint density at radius 1 is 0.938 bits per heavy atom. The highest BCUT2D eigenvalue weighted by Gasteiger charge is 2.16. The molecule has 0 aliphatic carbocycles. The quantitative estimate of drug-likeness (QED) is 0.480. The van der Waals surface area contributed by atoms with Gasteiger partial charge in [-0.15, -0.1) is 4.68 Å². The maximum Gasteiger partial charge on any atom is 0.272 e. The van der Waals surface area contributed by atoms with Crippen molar-refractivity contribution in [3.63, 3.8) is 0 Å². The van der Waals surface area contributed by atoms with Gasteiger partial charge in [-0.3, -0.25) is 5.84 Å². The molecule has 78 valence electrons. The van der Waals surface area contributed by atoms with E-state index in [1.54, 1.807) is 4.68 Å². The van der Waals surface area contributed by atoms with E-state index >= 15 is 0 Å². The summed E-state index contributed by atoms with van der Waals surface area (Å²) in [5.41, 5.74) is 3.26. The Balaban J connectivity index is 2.35. The van der Waals surface area contributed by atoms with Gasteiger partial charge in [0.05, 0.1) is 6.20 Å². The van der Waals surface area contributed by atoms with Gasteiger partial charge in [0.2, 0.25) is 5.69 Å². The number of hydrogen-bond donors (Lipinski definition) is 1. The minimum absolute atomic E-state index is 1.03. The van der Waals surface area contributed by atoms with Crippen LogP contribution in [0.3, 0.4) is 0 Å². The van der Waals surface area contributed by atoms with Crippen molar-refractivity contribution in [2.24, 2.45) is 0 Å². The highest BCUT2D eigenvalue weighted by molar-refractivity contribution is 5.74. The van der Waals surface area contributed by atoms with Crippen LogP contribution in [0.5, 0.6) is 0 Å². The van der Waals surface area contributed by atoms with Crippen molar-refractivity contribution in [1.82, 2.24) is 4.68 Å². The minimum atomic E-state index is 1.03. The summed E-state index contributed by atoms with van der Waals surface area (Å²) in [7, 11) is 0. The van der Waals surface area contributed by atoms with Crippen LogP contribution in [0.25, 0.3) is 16.8 Å². The van der Waals surface area contributed by atoms with E-state index in [4.69, 9.17) is 5.84 Å². The molecule has 0 amide bonds. The Labute approximate surface area is 93.3 Å². The second-order valence-corrected chi connectivity index (χ2v) is 3.73. The third kappa shape index (κ3) is 1.26. The molecular formula is C13H12N3+. The number of benzene rings is 1. The van der Waals surface area contributed by atoms with Gasteiger partial charge >= 0.3 is 0 Å². The summed E-state index contributed by atoms with van der Waals surface area (Å²) in [5.74, 6) is 5.98. The topological polar surface area (TPSA) is 35.0 Å². The Kier molecular flexibility index (Phi) is 1.90. The third-order valence-corrected chi connectivity index (χ3v) is 2.69. The number of hydrogen-bond acceptors (Lipinski definition) is 1. The lowest BCUT2D eigenvalue weighted by Gasteiger charge is -1.95. The predicted molar refractivity (Wildman–Crippen MR) is 63.2 cm³/mol. The van der Waals surface area contributed by atoms with Crippen LogP contribution in [0.2, 0.25) is 0 Å². The first kappa shape index (κ1) is 8.97. The lowest BCUT2D eigenvalue weighted by Crippen LogP contribution is -2.18. The summed E-state index contributed by atoms with van der Waals surface area (Å²) in [6.45, 7) is 0. The maximum atomic E-state index is 5.98. The highest BCUT2D eigenvalue weighted by Crippen LogP contribution is 2.20. The van der Waals surface area contributed by atoms with E-state index in [0.29, 0.717) is 0 Å². The van der Waals surface area contributed by atoms with Gasteiger partial charge in [0.25, 0.3) is 6.33 Å². The number of rotatable bonds is 1. The molecule has 0 fully saturated rings. The summed E-state index contributed by atoms with van der Waals surface area (Å²) in [6, 6.07) is 16.2. The summed E-state index contributed by atoms with van der Waals surface area (Å²) in [5, 5.41) is 0. The van der Waals surface area contributed by atoms with E-state index in [2.05, 4.69) is 18.2 Å². The van der Waals surface area contributed by atoms with Crippen molar-refractivity contribution in [3.05, 3.63) is 61.1 Å². The molecule has 0 unspecified atom stereocenters. The van der Waals surface area contributed by atoms with Crippen molar-refractivity contribution >= 4 is 5.52 Å². The van der Waals surface area contributed by atoms with Crippen molar-refractivity contribution < 1.29 is 4.40 Å². The van der Waals surface area contributed by atoms with Crippen molar-refractivity contribution in [3.8, 4) is 11.3 Å². The number of nitrogens with zero attached hydrogens (tertiary/aromatic N) is 2. The average molecular weight is 210 g/mol. The molecule has 0 radical (unpaired) electrons. The maximum absolute atomic E-state index is 5.98. The van der Waals surface area contributed by atoms with Gasteiger partial charge in [-0.2, -0.15) is 4.40 Å². The average Bonchev–Trinajstić information content (AvgIpc) is 2.66. The molecule has 0 saturated carbocycles. The molecule has 0 atom stereocenters. The molecule has 3 rings (SSSR count). The highest BCUT2D eigenvalue weighted by atomic mass is 15.3. The number of pyridine rings is 1. The van der Waals surface area contributed by atoms with E-state index in [9.17, 15) is 0 Å². The molecule has 2 aromatic heterocycles. The predicted octanol–water partition coefficient (Wildman–Crippen LogP) is 1.61. The zero-order valence-corrected chi connectivity index (χ0v) is 8.75. The number of fused-ring (bicyclic) bond motifs is 1. The molecule has 3 nitrogen and oxygen atoms in total. The van der Waals surface area contributed by atoms with Gasteiger partial charge < -0.3 is 0 Å². The number of aromatic nitrogens is 2. The summed E-state index contributed by atoms with van der Waals surface area (Å²) >= 11 is 0. The molecule has 0 aliphatic rings. The number of nitrogen functional groups attached to an aromatic ring is 1. The third-order valence-electron chi connectivity index (χ3n) is 2.69. The van der Waals surface area contributed by atoms with E-state index in [0.717, 1.165) is 16.8 Å². The van der Waals surface area contributed by atoms with Gasteiger partial charge in [0.1, 0.15) is 0 Å². The first-order chi connectivity index (χ1) is 7.86. The van der Waals surface area contributed by atoms with Crippen LogP contribution < -0.4 is 10.2 Å². The Morgan fingerprint density at radius 3 is 2.50 bits per heavy atom. The van der Waals surface area contributed by atoms with Crippen LogP contribution in [0.15, 0.2) is 61.1 Å². The molecule has 1 aromatic carbocycles. The van der Waals surface area contributed by atoms with Crippen LogP contribution in [-0.4, -0.2) is 4.68 Å². The first-order valence-corrected chi connectivity index (χ1v) is 5.18. The zero-order chi connectivity index (χ0) is 11.0. The molecule has 16 heavy (non-hydrogen) atoms. The van der Waals surface area contributed by atoms with Gasteiger partial charge in [0, 0.05) is 5.56 Å². The normalized spacial score (nSPS) is 10.8. The van der Waals surface area contributed by atoms with Gasteiger partial charge in [-0.25, -0.2) is 0 Å². The molecule has 0 saturated heterocycles. The molecule has 0 spiro atoms. The molecule has 2 heterocycles. The first-order valence-electron chi connectivity index (χ1n) is 5.18. The van der Waals surface area contributed by atoms with Crippen LogP contribution in [0.4, 0.5) is 0 Å². The SMILES string of the molecule is Nn1c[n+]2ccccc2c1-c1ccccc1. The monoisotopic (exact) mass is 210 g/mol. The lowest BCUT2D eigenvalue weighted by molar-refractivity contribution is -0.512. The summed E-state index contributed by atoms with van der Waals surface area (Å²) in [4.78, 5) is 0. The van der Waals surface area contributed by atoms with Crippen LogP contribution >= 0.6 is 0 Å². The molecule has 2 N–H and O–H groups in total. The Morgan fingerprint density at radius 2 is 1.69 bits per heavy atom. The molecular weight excluding hydrogens is 198 g/mol. The van der Waals surface area contributed by atoms with Crippen molar-refractivity contribution in [2.75, 3.05) is 5.84 Å². The second-order valence-electron chi connectivity index (χ2n) is 3.73. The Bertz CT molecular complexity index is 626. The van der Waals surface area contributed by atoms with Gasteiger partial charge in [0.15, 0.2) is 5.52 Å². The van der Waals surface area contributed by atoms with Crippen molar-refractivity contribution in [2.45, 2.75) is 0 Å². The Hall–Kier alpha value is -2.29. The van der Waals surface area contributed by atoms with E-state index in [-0.39, 0.29) is 0 Å². The fraction of sp³-hybridized carbons (Fsp3) is 0. The smallest absolute Gasteiger partial charge is 0.268 e. The van der Waals surface area contributed by atoms with E-state index in [1.165, 1.54) is 0 Å². The second kappa shape index (κ2) is 3.38. The van der Waals surface area contributed by atoms with E-state index in [1.807, 2.05) is 47.3 Å². The lowest BCUT2D eigenvalue weighted by atomic mass is 10.1. The summed E-state index contributed by atoms with van der Waals surface area (Å²) in [6.07, 6.45) is 3.86. The van der Waals surface area contributed by atoms with Crippen molar-refractivity contribution in [1.29, 1.82) is 0 Å². The molecule has 3 aromatic rings.